The lowest BCUT2D eigenvalue weighted by Crippen LogP contribution is -2.30. The van der Waals surface area contributed by atoms with Crippen LogP contribution in [0, 0.1) is 27.7 Å². The summed E-state index contributed by atoms with van der Waals surface area (Å²) in [6.07, 6.45) is 3.52. The number of hydrogen-bond acceptors (Lipinski definition) is 3. The van der Waals surface area contributed by atoms with Gasteiger partial charge in [-0.05, 0) is 68.7 Å². The summed E-state index contributed by atoms with van der Waals surface area (Å²) in [5.41, 5.74) is 6.25. The highest BCUT2D eigenvalue weighted by Gasteiger charge is 2.33. The van der Waals surface area contributed by atoms with Crippen LogP contribution in [0.1, 0.15) is 33.6 Å². The minimum absolute atomic E-state index is 0.246. The summed E-state index contributed by atoms with van der Waals surface area (Å²) in [4.78, 5) is 31.0. The molecule has 0 radical (unpaired) electrons. The van der Waals surface area contributed by atoms with Crippen molar-refractivity contribution in [2.45, 2.75) is 34.2 Å². The monoisotopic (exact) mass is 400 g/mol. The molecule has 3 aromatic rings. The molecular weight excluding hydrogens is 376 g/mol. The second kappa shape index (κ2) is 7.63. The number of amides is 3. The third kappa shape index (κ3) is 3.64. The maximum Gasteiger partial charge on any atom is 0.329 e. The van der Waals surface area contributed by atoms with Crippen LogP contribution >= 0.6 is 0 Å². The molecule has 4 rings (SSSR count). The topological polar surface area (TPSA) is 67.2 Å². The Hall–Kier alpha value is -3.67. The quantitative estimate of drug-likeness (QED) is 0.527. The second-order valence-electron chi connectivity index (χ2n) is 7.72. The molecule has 0 bridgehead atoms. The molecule has 1 aliphatic rings. The van der Waals surface area contributed by atoms with E-state index in [0.29, 0.717) is 0 Å². The second-order valence-corrected chi connectivity index (χ2v) is 7.72. The van der Waals surface area contributed by atoms with Gasteiger partial charge in [-0.1, -0.05) is 29.8 Å². The zero-order valence-electron chi connectivity index (χ0n) is 17.6. The first kappa shape index (κ1) is 19.6. The number of benzene rings is 1. The van der Waals surface area contributed by atoms with Crippen LogP contribution in [0.4, 0.5) is 4.79 Å². The van der Waals surface area contributed by atoms with Crippen LogP contribution in [0.2, 0.25) is 0 Å². The molecule has 1 saturated heterocycles. The van der Waals surface area contributed by atoms with Crippen molar-refractivity contribution in [3.05, 3.63) is 88.0 Å². The Labute approximate surface area is 175 Å². The number of carbonyl (C=O) groups is 2. The van der Waals surface area contributed by atoms with Crippen LogP contribution in [0.5, 0.6) is 0 Å². The minimum atomic E-state index is -0.401. The van der Waals surface area contributed by atoms with Gasteiger partial charge in [0.15, 0.2) is 0 Å². The predicted octanol–water partition coefficient (Wildman–Crippen LogP) is 4.20. The van der Waals surface area contributed by atoms with E-state index in [1.165, 1.54) is 4.90 Å². The lowest BCUT2D eigenvalue weighted by Gasteiger charge is -2.12. The third-order valence-electron chi connectivity index (χ3n) is 5.29. The lowest BCUT2D eigenvalue weighted by atomic mass is 10.1. The highest BCUT2D eigenvalue weighted by molar-refractivity contribution is 6.14. The molecule has 3 heterocycles. The molecule has 0 spiro atoms. The maximum atomic E-state index is 12.9. The van der Waals surface area contributed by atoms with Crippen molar-refractivity contribution in [1.29, 1.82) is 0 Å². The van der Waals surface area contributed by atoms with Crippen molar-refractivity contribution in [1.82, 2.24) is 19.8 Å². The van der Waals surface area contributed by atoms with Gasteiger partial charge in [0, 0.05) is 17.6 Å². The van der Waals surface area contributed by atoms with E-state index >= 15 is 0 Å². The highest BCUT2D eigenvalue weighted by Crippen LogP contribution is 2.24. The fraction of sp³-hybridized carbons (Fsp3) is 0.208. The molecule has 1 N–H and O–H groups in total. The summed E-state index contributed by atoms with van der Waals surface area (Å²) in [6, 6.07) is 13.4. The van der Waals surface area contributed by atoms with E-state index in [2.05, 4.69) is 10.3 Å². The molecule has 6 heteroatoms. The number of urea groups is 1. The van der Waals surface area contributed by atoms with Crippen molar-refractivity contribution in [2.75, 3.05) is 0 Å². The van der Waals surface area contributed by atoms with Gasteiger partial charge in [0.05, 0.1) is 6.54 Å². The molecule has 0 saturated carbocycles. The van der Waals surface area contributed by atoms with Gasteiger partial charge < -0.3 is 9.88 Å². The zero-order chi connectivity index (χ0) is 21.4. The third-order valence-corrected chi connectivity index (χ3v) is 5.29. The van der Waals surface area contributed by atoms with Crippen LogP contribution in [0.25, 0.3) is 11.9 Å². The van der Waals surface area contributed by atoms with E-state index in [9.17, 15) is 9.59 Å². The average Bonchev–Trinajstić information content (AvgIpc) is 3.11. The van der Waals surface area contributed by atoms with Crippen molar-refractivity contribution < 1.29 is 9.59 Å². The first-order chi connectivity index (χ1) is 14.3. The summed E-state index contributed by atoms with van der Waals surface area (Å²) in [7, 11) is 0. The standard InChI is InChI=1S/C24H24N4O2/c1-15-6-5-7-19(10-15)14-27-23(29)21(26-24(27)30)13-20-12-17(3)28(18(20)4)22-11-16(2)8-9-25-22/h5-13H,14H2,1-4H3,(H,26,30)/b21-13-. The van der Waals surface area contributed by atoms with Gasteiger partial charge in [0.25, 0.3) is 5.91 Å². The SMILES string of the molecule is Cc1cccc(CN2C(=O)N/C(=C\c3cc(C)n(-c4cc(C)ccn4)c3C)C2=O)c1. The molecule has 1 fully saturated rings. The van der Waals surface area contributed by atoms with Crippen molar-refractivity contribution in [3.8, 4) is 5.82 Å². The Balaban J connectivity index is 1.63. The van der Waals surface area contributed by atoms with Gasteiger partial charge in [-0.3, -0.25) is 9.69 Å². The zero-order valence-corrected chi connectivity index (χ0v) is 17.6. The predicted molar refractivity (Wildman–Crippen MR) is 116 cm³/mol. The van der Waals surface area contributed by atoms with Gasteiger partial charge in [-0.15, -0.1) is 0 Å². The van der Waals surface area contributed by atoms with Crippen molar-refractivity contribution >= 4 is 18.0 Å². The van der Waals surface area contributed by atoms with E-state index in [4.69, 9.17) is 0 Å². The summed E-state index contributed by atoms with van der Waals surface area (Å²) < 4.78 is 2.05. The Kier molecular flexibility index (Phi) is 4.99. The minimum Gasteiger partial charge on any atom is -0.303 e. The molecule has 1 aliphatic heterocycles. The first-order valence-electron chi connectivity index (χ1n) is 9.85. The number of aryl methyl sites for hydroxylation is 3. The smallest absolute Gasteiger partial charge is 0.303 e. The van der Waals surface area contributed by atoms with Gasteiger partial charge in [0.1, 0.15) is 11.5 Å². The number of pyridine rings is 1. The largest absolute Gasteiger partial charge is 0.329 e. The molecule has 6 nitrogen and oxygen atoms in total. The molecule has 0 aliphatic carbocycles. The average molecular weight is 400 g/mol. The number of aromatic nitrogens is 2. The normalized spacial score (nSPS) is 15.2. The summed E-state index contributed by atoms with van der Waals surface area (Å²) >= 11 is 0. The number of imide groups is 1. The Bertz CT molecular complexity index is 1190. The molecule has 2 aromatic heterocycles. The van der Waals surface area contributed by atoms with Crippen LogP contribution in [0.3, 0.4) is 0 Å². The first-order valence-corrected chi connectivity index (χ1v) is 9.85. The molecule has 30 heavy (non-hydrogen) atoms. The van der Waals surface area contributed by atoms with Crippen LogP contribution in [0.15, 0.2) is 54.4 Å². The van der Waals surface area contributed by atoms with E-state index in [0.717, 1.165) is 39.5 Å². The Morgan fingerprint density at radius 2 is 1.77 bits per heavy atom. The van der Waals surface area contributed by atoms with E-state index < -0.39 is 6.03 Å². The number of rotatable bonds is 4. The van der Waals surface area contributed by atoms with Crippen LogP contribution in [-0.2, 0) is 11.3 Å². The number of nitrogens with one attached hydrogen (secondary N) is 1. The molecule has 0 unspecified atom stereocenters. The van der Waals surface area contributed by atoms with Crippen molar-refractivity contribution in [2.24, 2.45) is 0 Å². The van der Waals surface area contributed by atoms with E-state index in [1.54, 1.807) is 12.3 Å². The molecule has 0 atom stereocenters. The number of nitrogens with zero attached hydrogens (tertiary/aromatic N) is 3. The van der Waals surface area contributed by atoms with Gasteiger partial charge in [-0.25, -0.2) is 9.78 Å². The molecule has 1 aromatic carbocycles. The van der Waals surface area contributed by atoms with Gasteiger partial charge in [0.2, 0.25) is 0 Å². The number of hydrogen-bond donors (Lipinski definition) is 1. The van der Waals surface area contributed by atoms with E-state index in [1.807, 2.05) is 74.7 Å². The Morgan fingerprint density at radius 3 is 2.50 bits per heavy atom. The van der Waals surface area contributed by atoms with Crippen molar-refractivity contribution in [3.63, 3.8) is 0 Å². The summed E-state index contributed by atoms with van der Waals surface area (Å²) in [5, 5.41) is 2.72. The number of carbonyl (C=O) groups excluding carboxylic acids is 2. The van der Waals surface area contributed by atoms with Crippen LogP contribution < -0.4 is 5.32 Å². The summed E-state index contributed by atoms with van der Waals surface area (Å²) in [6.45, 7) is 8.24. The van der Waals surface area contributed by atoms with Gasteiger partial charge >= 0.3 is 6.03 Å². The fourth-order valence-corrected chi connectivity index (χ4v) is 3.79. The highest BCUT2D eigenvalue weighted by atomic mass is 16.2. The Morgan fingerprint density at radius 1 is 1.00 bits per heavy atom. The lowest BCUT2D eigenvalue weighted by molar-refractivity contribution is -0.123. The fourth-order valence-electron chi connectivity index (χ4n) is 3.79. The summed E-state index contributed by atoms with van der Waals surface area (Å²) in [5.74, 6) is 0.512. The maximum absolute atomic E-state index is 12.9. The van der Waals surface area contributed by atoms with E-state index in [-0.39, 0.29) is 18.1 Å². The molecule has 3 amide bonds. The van der Waals surface area contributed by atoms with Gasteiger partial charge in [-0.2, -0.15) is 0 Å². The molecule has 152 valence electrons. The van der Waals surface area contributed by atoms with Crippen LogP contribution in [-0.4, -0.2) is 26.4 Å². The molecular formula is C24H24N4O2.